The van der Waals surface area contributed by atoms with Crippen LogP contribution < -0.4 is 5.32 Å². The summed E-state index contributed by atoms with van der Waals surface area (Å²) in [5.74, 6) is -0.357. The number of ether oxygens (including phenoxy) is 1. The van der Waals surface area contributed by atoms with Gasteiger partial charge in [0.05, 0.1) is 11.6 Å². The Bertz CT molecular complexity index is 399. The molecule has 1 unspecified atom stereocenters. The summed E-state index contributed by atoms with van der Waals surface area (Å²) in [4.78, 5) is 15.7. The number of aromatic nitrogens is 1. The molecule has 6 heteroatoms. The summed E-state index contributed by atoms with van der Waals surface area (Å²) in [6, 6.07) is 2.96. The zero-order valence-electron chi connectivity index (χ0n) is 9.67. The Hall–Kier alpha value is -0.840. The summed E-state index contributed by atoms with van der Waals surface area (Å²) >= 11 is 11.6. The topological polar surface area (TPSA) is 51.2 Å². The van der Waals surface area contributed by atoms with Crippen molar-refractivity contribution in [3.8, 4) is 0 Å². The van der Waals surface area contributed by atoms with E-state index in [0.717, 1.165) is 0 Å². The molecule has 0 aliphatic carbocycles. The Balaban J connectivity index is 2.66. The summed E-state index contributed by atoms with van der Waals surface area (Å²) in [6.07, 6.45) is 0. The average molecular weight is 277 g/mol. The van der Waals surface area contributed by atoms with Crippen LogP contribution >= 0.6 is 23.2 Å². The van der Waals surface area contributed by atoms with Crippen LogP contribution in [0, 0.1) is 0 Å². The number of pyridine rings is 1. The SMILES string of the molecule is CCOCC(C)NC(=O)c1nc(Cl)ccc1Cl. The monoisotopic (exact) mass is 276 g/mol. The van der Waals surface area contributed by atoms with Gasteiger partial charge in [0.1, 0.15) is 10.8 Å². The first-order chi connectivity index (χ1) is 8.04. The van der Waals surface area contributed by atoms with Gasteiger partial charge in [-0.25, -0.2) is 4.98 Å². The summed E-state index contributed by atoms with van der Waals surface area (Å²) in [7, 11) is 0. The second-order valence-corrected chi connectivity index (χ2v) is 4.29. The average Bonchev–Trinajstić information content (AvgIpc) is 2.29. The van der Waals surface area contributed by atoms with Crippen molar-refractivity contribution >= 4 is 29.1 Å². The Kier molecular flexibility index (Phi) is 5.68. The highest BCUT2D eigenvalue weighted by Crippen LogP contribution is 2.16. The molecule has 1 aromatic rings. The molecule has 1 N–H and O–H groups in total. The predicted octanol–water partition coefficient (Wildman–Crippen LogP) is 2.54. The molecule has 0 spiro atoms. The highest BCUT2D eigenvalue weighted by Gasteiger charge is 2.15. The van der Waals surface area contributed by atoms with Gasteiger partial charge in [-0.15, -0.1) is 0 Å². The molecule has 17 heavy (non-hydrogen) atoms. The van der Waals surface area contributed by atoms with Crippen LogP contribution in [-0.2, 0) is 4.74 Å². The number of carbonyl (C=O) groups is 1. The molecule has 1 amide bonds. The van der Waals surface area contributed by atoms with Gasteiger partial charge in [0, 0.05) is 12.6 Å². The van der Waals surface area contributed by atoms with Crippen LogP contribution in [0.2, 0.25) is 10.2 Å². The normalized spacial score (nSPS) is 12.2. The van der Waals surface area contributed by atoms with Gasteiger partial charge < -0.3 is 10.1 Å². The molecule has 0 saturated carbocycles. The van der Waals surface area contributed by atoms with Gasteiger partial charge in [-0.05, 0) is 26.0 Å². The molecule has 0 radical (unpaired) electrons. The first-order valence-corrected chi connectivity index (χ1v) is 6.00. The lowest BCUT2D eigenvalue weighted by molar-refractivity contribution is 0.0867. The highest BCUT2D eigenvalue weighted by molar-refractivity contribution is 6.34. The zero-order valence-corrected chi connectivity index (χ0v) is 11.2. The fourth-order valence-corrected chi connectivity index (χ4v) is 1.54. The van der Waals surface area contributed by atoms with Gasteiger partial charge in [0.25, 0.3) is 5.91 Å². The van der Waals surface area contributed by atoms with Crippen molar-refractivity contribution in [2.75, 3.05) is 13.2 Å². The molecule has 94 valence electrons. The number of hydrogen-bond donors (Lipinski definition) is 1. The van der Waals surface area contributed by atoms with Crippen molar-refractivity contribution in [1.82, 2.24) is 10.3 Å². The Labute approximate surface area is 110 Å². The molecule has 0 aliphatic rings. The van der Waals surface area contributed by atoms with Gasteiger partial charge in [0.2, 0.25) is 0 Å². The van der Waals surface area contributed by atoms with E-state index < -0.39 is 0 Å². The van der Waals surface area contributed by atoms with Crippen molar-refractivity contribution in [2.45, 2.75) is 19.9 Å². The van der Waals surface area contributed by atoms with Crippen molar-refractivity contribution < 1.29 is 9.53 Å². The first-order valence-electron chi connectivity index (χ1n) is 5.25. The van der Waals surface area contributed by atoms with Crippen LogP contribution in [0.25, 0.3) is 0 Å². The van der Waals surface area contributed by atoms with Crippen LogP contribution in [0.1, 0.15) is 24.3 Å². The quantitative estimate of drug-likeness (QED) is 0.841. The van der Waals surface area contributed by atoms with Crippen LogP contribution in [0.5, 0.6) is 0 Å². The van der Waals surface area contributed by atoms with E-state index in [-0.39, 0.29) is 27.8 Å². The molecule has 4 nitrogen and oxygen atoms in total. The van der Waals surface area contributed by atoms with Crippen molar-refractivity contribution in [1.29, 1.82) is 0 Å². The summed E-state index contributed by atoms with van der Waals surface area (Å²) in [5.41, 5.74) is 0.127. The van der Waals surface area contributed by atoms with E-state index >= 15 is 0 Å². The third kappa shape index (κ3) is 4.50. The minimum Gasteiger partial charge on any atom is -0.380 e. The van der Waals surface area contributed by atoms with E-state index in [1.165, 1.54) is 6.07 Å². The minimum absolute atomic E-state index is 0.112. The molecule has 0 fully saturated rings. The molecule has 1 aromatic heterocycles. The molecule has 1 rings (SSSR count). The van der Waals surface area contributed by atoms with Gasteiger partial charge in [-0.3, -0.25) is 4.79 Å². The van der Waals surface area contributed by atoms with Crippen LogP contribution in [0.4, 0.5) is 0 Å². The fraction of sp³-hybridized carbons (Fsp3) is 0.455. The van der Waals surface area contributed by atoms with E-state index in [4.69, 9.17) is 27.9 Å². The molecular formula is C11H14Cl2N2O2. The third-order valence-corrected chi connectivity index (χ3v) is 2.49. The molecule has 1 heterocycles. The number of rotatable bonds is 5. The smallest absolute Gasteiger partial charge is 0.271 e. The maximum atomic E-state index is 11.8. The summed E-state index contributed by atoms with van der Waals surface area (Å²) in [5, 5.41) is 3.24. The molecule has 0 aliphatic heterocycles. The number of nitrogens with one attached hydrogen (secondary N) is 1. The largest absolute Gasteiger partial charge is 0.380 e. The highest BCUT2D eigenvalue weighted by atomic mass is 35.5. The second kappa shape index (κ2) is 6.79. The molecular weight excluding hydrogens is 263 g/mol. The number of halogens is 2. The fourth-order valence-electron chi connectivity index (χ4n) is 1.21. The van der Waals surface area contributed by atoms with Gasteiger partial charge in [-0.1, -0.05) is 23.2 Å². The molecule has 0 saturated heterocycles. The molecule has 1 atom stereocenters. The number of carbonyl (C=O) groups excluding carboxylic acids is 1. The van der Waals surface area contributed by atoms with E-state index in [2.05, 4.69) is 10.3 Å². The van der Waals surface area contributed by atoms with Gasteiger partial charge in [-0.2, -0.15) is 0 Å². The molecule has 0 aromatic carbocycles. The van der Waals surface area contributed by atoms with Crippen molar-refractivity contribution in [3.63, 3.8) is 0 Å². The van der Waals surface area contributed by atoms with Crippen molar-refractivity contribution in [2.24, 2.45) is 0 Å². The number of nitrogens with zero attached hydrogens (tertiary/aromatic N) is 1. The Morgan fingerprint density at radius 1 is 1.53 bits per heavy atom. The molecule has 0 bridgehead atoms. The van der Waals surface area contributed by atoms with E-state index in [0.29, 0.717) is 13.2 Å². The third-order valence-electron chi connectivity index (χ3n) is 1.98. The number of amides is 1. The number of hydrogen-bond acceptors (Lipinski definition) is 3. The van der Waals surface area contributed by atoms with Gasteiger partial charge >= 0.3 is 0 Å². The van der Waals surface area contributed by atoms with E-state index in [1.807, 2.05) is 13.8 Å². The minimum atomic E-state index is -0.357. The standard InChI is InChI=1S/C11H14Cl2N2O2/c1-3-17-6-7(2)14-11(16)10-8(12)4-5-9(13)15-10/h4-5,7H,3,6H2,1-2H3,(H,14,16). The zero-order chi connectivity index (χ0) is 12.8. The summed E-state index contributed by atoms with van der Waals surface area (Å²) < 4.78 is 5.19. The second-order valence-electron chi connectivity index (χ2n) is 3.50. The lowest BCUT2D eigenvalue weighted by Gasteiger charge is -2.13. The maximum Gasteiger partial charge on any atom is 0.271 e. The lowest BCUT2D eigenvalue weighted by Crippen LogP contribution is -2.36. The first kappa shape index (κ1) is 14.2. The van der Waals surface area contributed by atoms with Crippen LogP contribution in [0.3, 0.4) is 0 Å². The van der Waals surface area contributed by atoms with Crippen LogP contribution in [-0.4, -0.2) is 30.1 Å². The van der Waals surface area contributed by atoms with Crippen molar-refractivity contribution in [3.05, 3.63) is 28.0 Å². The Morgan fingerprint density at radius 2 is 2.24 bits per heavy atom. The van der Waals surface area contributed by atoms with Gasteiger partial charge in [0.15, 0.2) is 0 Å². The maximum absolute atomic E-state index is 11.8. The van der Waals surface area contributed by atoms with Crippen LogP contribution in [0.15, 0.2) is 12.1 Å². The Morgan fingerprint density at radius 3 is 2.88 bits per heavy atom. The van der Waals surface area contributed by atoms with E-state index in [1.54, 1.807) is 6.07 Å². The summed E-state index contributed by atoms with van der Waals surface area (Å²) in [6.45, 7) is 4.78. The van der Waals surface area contributed by atoms with E-state index in [9.17, 15) is 4.79 Å². The predicted molar refractivity (Wildman–Crippen MR) is 67.7 cm³/mol. The lowest BCUT2D eigenvalue weighted by atomic mass is 10.3.